The monoisotopic (exact) mass is 252 g/mol. The quantitative estimate of drug-likeness (QED) is 0.731. The molecule has 0 saturated carbocycles. The Hall–Kier alpha value is -0.0951. The Labute approximate surface area is 82.2 Å². The number of hydrogen-bond acceptors (Lipinski definition) is 2. The van der Waals surface area contributed by atoms with E-state index in [0.29, 0.717) is 4.47 Å². The summed E-state index contributed by atoms with van der Waals surface area (Å²) in [6.45, 7) is 0. The van der Waals surface area contributed by atoms with Crippen LogP contribution in [0.25, 0.3) is 0 Å². The van der Waals surface area contributed by atoms with Crippen molar-refractivity contribution in [3.05, 3.63) is 27.4 Å². The first-order valence-electron chi connectivity index (χ1n) is 3.03. The van der Waals surface area contributed by atoms with E-state index in [1.54, 1.807) is 0 Å². The van der Waals surface area contributed by atoms with E-state index in [2.05, 4.69) is 15.9 Å². The second-order valence-corrected chi connectivity index (χ2v) is 3.48. The van der Waals surface area contributed by atoms with Gasteiger partial charge < -0.3 is 10.0 Å². The van der Waals surface area contributed by atoms with Crippen molar-refractivity contribution in [2.24, 2.45) is 0 Å². The fraction of sp³-hybridized carbons (Fsp3) is 0. The van der Waals surface area contributed by atoms with Crippen LogP contribution in [0, 0.1) is 5.82 Å². The van der Waals surface area contributed by atoms with Gasteiger partial charge in [0.15, 0.2) is 0 Å². The van der Waals surface area contributed by atoms with Gasteiger partial charge in [-0.05, 0) is 12.1 Å². The lowest BCUT2D eigenvalue weighted by Gasteiger charge is -2.04. The minimum Gasteiger partial charge on any atom is -0.423 e. The van der Waals surface area contributed by atoms with Crippen molar-refractivity contribution in [3.63, 3.8) is 0 Å². The molecule has 0 fully saturated rings. The van der Waals surface area contributed by atoms with E-state index >= 15 is 0 Å². The lowest BCUT2D eigenvalue weighted by atomic mass is 9.80. The Morgan fingerprint density at radius 3 is 2.42 bits per heavy atom. The average Bonchev–Trinajstić information content (AvgIpc) is 1.82. The van der Waals surface area contributed by atoms with Crippen LogP contribution in [0.4, 0.5) is 4.39 Å². The van der Waals surface area contributed by atoms with Crippen LogP contribution >= 0.6 is 27.5 Å². The zero-order valence-corrected chi connectivity index (χ0v) is 8.10. The highest BCUT2D eigenvalue weighted by molar-refractivity contribution is 9.10. The van der Waals surface area contributed by atoms with Gasteiger partial charge in [0.1, 0.15) is 5.82 Å². The van der Waals surface area contributed by atoms with Crippen molar-refractivity contribution in [1.29, 1.82) is 0 Å². The van der Waals surface area contributed by atoms with E-state index in [1.165, 1.54) is 6.07 Å². The number of hydrogen-bond donors (Lipinski definition) is 2. The summed E-state index contributed by atoms with van der Waals surface area (Å²) in [5.41, 5.74) is -0.306. The molecular weight excluding hydrogens is 249 g/mol. The van der Waals surface area contributed by atoms with Gasteiger partial charge in [-0.25, -0.2) is 4.39 Å². The third kappa shape index (κ3) is 1.98. The Balaban J connectivity index is 3.28. The Bertz CT molecular complexity index is 285. The van der Waals surface area contributed by atoms with Gasteiger partial charge in [0, 0.05) is 15.0 Å². The van der Waals surface area contributed by atoms with Gasteiger partial charge in [-0.2, -0.15) is 0 Å². The topological polar surface area (TPSA) is 40.5 Å². The average molecular weight is 253 g/mol. The fourth-order valence-electron chi connectivity index (χ4n) is 0.800. The first-order valence-corrected chi connectivity index (χ1v) is 4.20. The highest BCUT2D eigenvalue weighted by atomic mass is 79.9. The smallest absolute Gasteiger partial charge is 0.423 e. The molecule has 0 unspecified atom stereocenters. The van der Waals surface area contributed by atoms with Crippen LogP contribution in [0.5, 0.6) is 0 Å². The van der Waals surface area contributed by atoms with E-state index in [-0.39, 0.29) is 10.5 Å². The maximum absolute atomic E-state index is 12.9. The van der Waals surface area contributed by atoms with Gasteiger partial charge in [0.2, 0.25) is 0 Å². The predicted molar refractivity (Wildman–Crippen MR) is 48.9 cm³/mol. The Morgan fingerprint density at radius 1 is 1.42 bits per heavy atom. The molecule has 0 amide bonds. The molecule has 12 heavy (non-hydrogen) atoms. The van der Waals surface area contributed by atoms with E-state index in [9.17, 15) is 4.39 Å². The van der Waals surface area contributed by atoms with Crippen molar-refractivity contribution in [2.45, 2.75) is 0 Å². The van der Waals surface area contributed by atoms with Crippen molar-refractivity contribution >= 4 is 40.1 Å². The summed E-state index contributed by atoms with van der Waals surface area (Å²) in [5.74, 6) is -0.746. The van der Waals surface area contributed by atoms with Crippen LogP contribution in [0.2, 0.25) is 5.02 Å². The maximum atomic E-state index is 12.9. The van der Waals surface area contributed by atoms with E-state index < -0.39 is 12.9 Å². The molecule has 0 aromatic heterocycles. The van der Waals surface area contributed by atoms with Gasteiger partial charge in [-0.15, -0.1) is 0 Å². The molecule has 1 rings (SSSR count). The van der Waals surface area contributed by atoms with Crippen LogP contribution in [-0.4, -0.2) is 17.2 Å². The number of benzene rings is 1. The molecule has 0 aliphatic carbocycles. The summed E-state index contributed by atoms with van der Waals surface area (Å²) in [4.78, 5) is 0. The molecule has 0 aliphatic heterocycles. The minimum atomic E-state index is -1.88. The van der Waals surface area contributed by atoms with Crippen molar-refractivity contribution < 1.29 is 14.4 Å². The molecule has 2 N–H and O–H groups in total. The Kier molecular flexibility index (Phi) is 3.12. The largest absolute Gasteiger partial charge is 0.492 e. The van der Waals surface area contributed by atoms with Crippen LogP contribution in [0.1, 0.15) is 0 Å². The van der Waals surface area contributed by atoms with Gasteiger partial charge in [0.25, 0.3) is 0 Å². The number of halogens is 3. The molecular formula is C6H4BBrClFO2. The summed E-state index contributed by atoms with van der Waals surface area (Å²) in [5, 5.41) is 17.4. The van der Waals surface area contributed by atoms with Crippen LogP contribution in [-0.2, 0) is 0 Å². The zero-order chi connectivity index (χ0) is 9.30. The minimum absolute atomic E-state index is 0.0168. The molecule has 1 aromatic rings. The van der Waals surface area contributed by atoms with E-state index in [0.717, 1.165) is 6.07 Å². The molecule has 0 saturated heterocycles. The van der Waals surface area contributed by atoms with Crippen LogP contribution in [0.3, 0.4) is 0 Å². The van der Waals surface area contributed by atoms with Gasteiger partial charge in [-0.1, -0.05) is 27.5 Å². The molecule has 2 nitrogen and oxygen atoms in total. The van der Waals surface area contributed by atoms with Crippen LogP contribution < -0.4 is 5.46 Å². The van der Waals surface area contributed by atoms with Crippen molar-refractivity contribution in [1.82, 2.24) is 0 Å². The SMILES string of the molecule is OB(O)c1c(F)cc(Br)cc1Cl. The molecule has 64 valence electrons. The summed E-state index contributed by atoms with van der Waals surface area (Å²) in [7, 11) is -1.88. The molecule has 0 bridgehead atoms. The maximum Gasteiger partial charge on any atom is 0.492 e. The third-order valence-corrected chi connectivity index (χ3v) is 2.07. The molecule has 0 heterocycles. The Morgan fingerprint density at radius 2 is 2.00 bits per heavy atom. The zero-order valence-electron chi connectivity index (χ0n) is 5.76. The van der Waals surface area contributed by atoms with E-state index in [1.807, 2.05) is 0 Å². The molecule has 0 aliphatic rings. The summed E-state index contributed by atoms with van der Waals surface area (Å²) in [6.07, 6.45) is 0. The highest BCUT2D eigenvalue weighted by Crippen LogP contribution is 2.17. The first kappa shape index (κ1) is 9.99. The highest BCUT2D eigenvalue weighted by Gasteiger charge is 2.20. The molecule has 1 aromatic carbocycles. The van der Waals surface area contributed by atoms with Crippen LogP contribution in [0.15, 0.2) is 16.6 Å². The summed E-state index contributed by atoms with van der Waals surface area (Å²) in [6, 6.07) is 2.50. The van der Waals surface area contributed by atoms with Gasteiger partial charge in [0.05, 0.1) is 0 Å². The second kappa shape index (κ2) is 3.74. The fourth-order valence-corrected chi connectivity index (χ4v) is 1.67. The summed E-state index contributed by atoms with van der Waals surface area (Å²) >= 11 is 8.55. The first-order chi connectivity index (χ1) is 5.52. The summed E-state index contributed by atoms with van der Waals surface area (Å²) < 4.78 is 13.4. The van der Waals surface area contributed by atoms with Gasteiger partial charge >= 0.3 is 7.12 Å². The predicted octanol–water partition coefficient (Wildman–Crippen LogP) is 0.921. The standard InChI is InChI=1S/C6H4BBrClFO2/c8-3-1-4(9)6(7(11)12)5(10)2-3/h1-2,11-12H. The lowest BCUT2D eigenvalue weighted by molar-refractivity contribution is 0.423. The molecule has 0 spiro atoms. The molecule has 6 heteroatoms. The second-order valence-electron chi connectivity index (χ2n) is 2.16. The normalized spacial score (nSPS) is 10.1. The van der Waals surface area contributed by atoms with Crippen molar-refractivity contribution in [2.75, 3.05) is 0 Å². The lowest BCUT2D eigenvalue weighted by Crippen LogP contribution is -2.33. The number of rotatable bonds is 1. The van der Waals surface area contributed by atoms with Crippen molar-refractivity contribution in [3.8, 4) is 0 Å². The third-order valence-electron chi connectivity index (χ3n) is 1.30. The molecule has 0 radical (unpaired) electrons. The van der Waals surface area contributed by atoms with E-state index in [4.69, 9.17) is 21.6 Å². The van der Waals surface area contributed by atoms with Gasteiger partial charge in [-0.3, -0.25) is 0 Å². The molecule has 0 atom stereocenters.